The fourth-order valence-electron chi connectivity index (χ4n) is 2.18. The van der Waals surface area contributed by atoms with Gasteiger partial charge >= 0.3 is 6.03 Å². The molecule has 2 aromatic carbocycles. The zero-order valence-corrected chi connectivity index (χ0v) is 10.3. The summed E-state index contributed by atoms with van der Waals surface area (Å²) in [5, 5.41) is 5.75. The molecule has 3 nitrogen and oxygen atoms in total. The highest BCUT2D eigenvalue weighted by atomic mass is 16.2. The molecule has 0 radical (unpaired) electrons. The van der Waals surface area contributed by atoms with E-state index in [0.29, 0.717) is 0 Å². The highest BCUT2D eigenvalue weighted by molar-refractivity contribution is 5.88. The minimum absolute atomic E-state index is 0.0924. The first kappa shape index (κ1) is 11.5. The number of hydrogen-bond donors (Lipinski definition) is 2. The summed E-state index contributed by atoms with van der Waals surface area (Å²) in [4.78, 5) is 11.8. The van der Waals surface area contributed by atoms with E-state index in [-0.39, 0.29) is 12.1 Å². The largest absolute Gasteiger partial charge is 0.327 e. The fraction of sp³-hybridized carbons (Fsp3) is 0.0625. The molecule has 1 aliphatic heterocycles. The molecule has 1 atom stereocenters. The molecule has 3 rings (SSSR count). The summed E-state index contributed by atoms with van der Waals surface area (Å²) in [6.45, 7) is 0. The first-order valence-electron chi connectivity index (χ1n) is 6.22. The molecule has 1 heterocycles. The van der Waals surface area contributed by atoms with Crippen molar-refractivity contribution in [2.45, 2.75) is 6.04 Å². The molecular weight excluding hydrogens is 236 g/mol. The van der Waals surface area contributed by atoms with Gasteiger partial charge < -0.3 is 10.6 Å². The topological polar surface area (TPSA) is 41.1 Å². The molecular formula is C16H14N2O. The Labute approximate surface area is 112 Å². The smallest absolute Gasteiger partial charge is 0.319 e. The van der Waals surface area contributed by atoms with Crippen molar-refractivity contribution in [2.24, 2.45) is 0 Å². The van der Waals surface area contributed by atoms with E-state index >= 15 is 0 Å². The quantitative estimate of drug-likeness (QED) is 0.845. The second kappa shape index (κ2) is 4.98. The second-order valence-electron chi connectivity index (χ2n) is 4.43. The molecule has 2 amide bonds. The second-order valence-corrected chi connectivity index (χ2v) is 4.43. The number of nitrogens with one attached hydrogen (secondary N) is 2. The lowest BCUT2D eigenvalue weighted by molar-refractivity contribution is 0.241. The lowest BCUT2D eigenvalue weighted by Gasteiger charge is -2.24. The van der Waals surface area contributed by atoms with Crippen molar-refractivity contribution >= 4 is 11.7 Å². The van der Waals surface area contributed by atoms with Crippen molar-refractivity contribution in [1.29, 1.82) is 0 Å². The highest BCUT2D eigenvalue weighted by Gasteiger charge is 2.19. The molecule has 0 unspecified atom stereocenters. The average Bonchev–Trinajstić information content (AvgIpc) is 2.48. The SMILES string of the molecule is O=C1NC(c2ccccc2)=C[C@H](c2ccccc2)N1. The summed E-state index contributed by atoms with van der Waals surface area (Å²) < 4.78 is 0. The number of benzene rings is 2. The monoisotopic (exact) mass is 250 g/mol. The predicted octanol–water partition coefficient (Wildman–Crippen LogP) is 3.08. The average molecular weight is 250 g/mol. The number of urea groups is 1. The summed E-state index contributed by atoms with van der Waals surface area (Å²) in [5.74, 6) is 0. The highest BCUT2D eigenvalue weighted by Crippen LogP contribution is 2.22. The van der Waals surface area contributed by atoms with Crippen LogP contribution in [0.25, 0.3) is 5.70 Å². The molecule has 0 saturated carbocycles. The maximum Gasteiger partial charge on any atom is 0.319 e. The Kier molecular flexibility index (Phi) is 3.02. The van der Waals surface area contributed by atoms with Crippen molar-refractivity contribution in [3.8, 4) is 0 Å². The van der Waals surface area contributed by atoms with Gasteiger partial charge in [0, 0.05) is 5.70 Å². The van der Waals surface area contributed by atoms with Gasteiger partial charge in [-0.15, -0.1) is 0 Å². The number of amides is 2. The Balaban J connectivity index is 1.97. The Hall–Kier alpha value is -2.55. The van der Waals surface area contributed by atoms with Crippen molar-refractivity contribution in [2.75, 3.05) is 0 Å². The summed E-state index contributed by atoms with van der Waals surface area (Å²) in [7, 11) is 0. The first-order valence-corrected chi connectivity index (χ1v) is 6.22. The van der Waals surface area contributed by atoms with Crippen molar-refractivity contribution in [3.63, 3.8) is 0 Å². The molecule has 94 valence electrons. The van der Waals surface area contributed by atoms with E-state index in [9.17, 15) is 4.79 Å². The van der Waals surface area contributed by atoms with Gasteiger partial charge in [-0.3, -0.25) is 0 Å². The van der Waals surface area contributed by atoms with Crippen LogP contribution in [0.2, 0.25) is 0 Å². The molecule has 0 spiro atoms. The van der Waals surface area contributed by atoms with Crippen LogP contribution < -0.4 is 10.6 Å². The van der Waals surface area contributed by atoms with Crippen molar-refractivity contribution in [3.05, 3.63) is 77.9 Å². The van der Waals surface area contributed by atoms with E-state index < -0.39 is 0 Å². The van der Waals surface area contributed by atoms with E-state index in [0.717, 1.165) is 16.8 Å². The zero-order valence-electron chi connectivity index (χ0n) is 10.3. The molecule has 3 heteroatoms. The van der Waals surface area contributed by atoms with Crippen LogP contribution in [0.1, 0.15) is 17.2 Å². The first-order chi connectivity index (χ1) is 9.33. The lowest BCUT2D eigenvalue weighted by Crippen LogP contribution is -2.40. The predicted molar refractivity (Wildman–Crippen MR) is 75.3 cm³/mol. The standard InChI is InChI=1S/C16H14N2O/c19-16-17-14(12-7-3-1-4-8-12)11-15(18-16)13-9-5-2-6-10-13/h1-11,14H,(H2,17,18,19)/t14-/m1/s1. The van der Waals surface area contributed by atoms with Gasteiger partial charge in [-0.05, 0) is 17.2 Å². The van der Waals surface area contributed by atoms with Gasteiger partial charge in [0.1, 0.15) is 0 Å². The van der Waals surface area contributed by atoms with E-state index in [2.05, 4.69) is 10.6 Å². The molecule has 0 fully saturated rings. The zero-order chi connectivity index (χ0) is 13.1. The van der Waals surface area contributed by atoms with Gasteiger partial charge in [0.05, 0.1) is 6.04 Å². The van der Waals surface area contributed by atoms with Crippen LogP contribution in [0.15, 0.2) is 66.7 Å². The van der Waals surface area contributed by atoms with Gasteiger partial charge in [-0.2, -0.15) is 0 Å². The number of rotatable bonds is 2. The maximum absolute atomic E-state index is 11.8. The third-order valence-corrected chi connectivity index (χ3v) is 3.11. The molecule has 0 aromatic heterocycles. The summed E-state index contributed by atoms with van der Waals surface area (Å²) in [5.41, 5.74) is 2.93. The van der Waals surface area contributed by atoms with Crippen LogP contribution in [-0.2, 0) is 0 Å². The van der Waals surface area contributed by atoms with Gasteiger partial charge in [0.25, 0.3) is 0 Å². The summed E-state index contributed by atoms with van der Waals surface area (Å²) in [6.07, 6.45) is 2.03. The molecule has 0 bridgehead atoms. The van der Waals surface area contributed by atoms with Crippen molar-refractivity contribution in [1.82, 2.24) is 10.6 Å². The van der Waals surface area contributed by atoms with E-state index in [1.54, 1.807) is 0 Å². The molecule has 2 N–H and O–H groups in total. The molecule has 2 aromatic rings. The normalized spacial score (nSPS) is 18.2. The number of carbonyl (C=O) groups is 1. The Morgan fingerprint density at radius 2 is 1.47 bits per heavy atom. The van der Waals surface area contributed by atoms with E-state index in [4.69, 9.17) is 0 Å². The summed E-state index contributed by atoms with van der Waals surface area (Å²) >= 11 is 0. The Morgan fingerprint density at radius 3 is 2.16 bits per heavy atom. The minimum atomic E-state index is -0.171. The van der Waals surface area contributed by atoms with Gasteiger partial charge in [0.2, 0.25) is 0 Å². The maximum atomic E-state index is 11.8. The minimum Gasteiger partial charge on any atom is -0.327 e. The van der Waals surface area contributed by atoms with Crippen LogP contribution in [0.5, 0.6) is 0 Å². The lowest BCUT2D eigenvalue weighted by atomic mass is 10.0. The van der Waals surface area contributed by atoms with E-state index in [1.807, 2.05) is 66.7 Å². The number of hydrogen-bond acceptors (Lipinski definition) is 1. The number of carbonyl (C=O) groups excluding carboxylic acids is 1. The third-order valence-electron chi connectivity index (χ3n) is 3.11. The van der Waals surface area contributed by atoms with Gasteiger partial charge in [-0.1, -0.05) is 60.7 Å². The molecule has 1 aliphatic rings. The van der Waals surface area contributed by atoms with Gasteiger partial charge in [0.15, 0.2) is 0 Å². The molecule has 19 heavy (non-hydrogen) atoms. The van der Waals surface area contributed by atoms with Gasteiger partial charge in [-0.25, -0.2) is 4.79 Å². The van der Waals surface area contributed by atoms with Crippen molar-refractivity contribution < 1.29 is 4.79 Å². The molecule has 0 saturated heterocycles. The van der Waals surface area contributed by atoms with Crippen LogP contribution in [0.3, 0.4) is 0 Å². The third kappa shape index (κ3) is 2.50. The van der Waals surface area contributed by atoms with Crippen LogP contribution in [0.4, 0.5) is 4.79 Å². The Bertz CT molecular complexity index is 605. The van der Waals surface area contributed by atoms with Crippen LogP contribution in [0, 0.1) is 0 Å². The van der Waals surface area contributed by atoms with E-state index in [1.165, 1.54) is 0 Å². The van der Waals surface area contributed by atoms with Crippen LogP contribution in [-0.4, -0.2) is 6.03 Å². The fourth-order valence-corrected chi connectivity index (χ4v) is 2.18. The van der Waals surface area contributed by atoms with Crippen LogP contribution >= 0.6 is 0 Å². The summed E-state index contributed by atoms with van der Waals surface area (Å²) in [6, 6.07) is 19.5. The molecule has 0 aliphatic carbocycles. The Morgan fingerprint density at radius 1 is 0.842 bits per heavy atom.